The molecule has 12 N–H and O–H groups in total. The van der Waals surface area contributed by atoms with Gasteiger partial charge in [0.1, 0.15) is 11.7 Å². The monoisotopic (exact) mass is 440 g/mol. The number of aromatic nitrogens is 4. The molecule has 0 aliphatic carbocycles. The zero-order chi connectivity index (χ0) is 21.9. The van der Waals surface area contributed by atoms with Crippen molar-refractivity contribution in [3.8, 4) is 0 Å². The summed E-state index contributed by atoms with van der Waals surface area (Å²) in [7, 11) is 0. The Morgan fingerprint density at radius 3 is 1.38 bits per heavy atom. The summed E-state index contributed by atoms with van der Waals surface area (Å²) in [6.45, 7) is 0. The first-order valence-electron chi connectivity index (χ1n) is 7.41. The fourth-order valence-corrected chi connectivity index (χ4v) is 2.08. The molecule has 2 aromatic heterocycles. The predicted octanol–water partition coefficient (Wildman–Crippen LogP) is -1.01. The lowest BCUT2D eigenvalue weighted by molar-refractivity contribution is 0.0991. The molecule has 152 valence electrons. The molecule has 0 aliphatic rings. The molecular formula is C13H14Cl2N12O2. The number of amidine groups is 2. The molecule has 14 nitrogen and oxygen atoms in total. The lowest BCUT2D eigenvalue weighted by atomic mass is 10.3. The molecule has 0 bridgehead atoms. The maximum absolute atomic E-state index is 12.1. The largest absolute Gasteiger partial charge is 0.387 e. The van der Waals surface area contributed by atoms with E-state index in [9.17, 15) is 9.59 Å². The molecule has 2 heterocycles. The van der Waals surface area contributed by atoms with Crippen LogP contribution in [0.25, 0.3) is 0 Å². The lowest BCUT2D eigenvalue weighted by Gasteiger charge is -2.05. The Bertz CT molecular complexity index is 985. The summed E-state index contributed by atoms with van der Waals surface area (Å²) in [4.78, 5) is 46.0. The second-order valence-electron chi connectivity index (χ2n) is 5.26. The topological polar surface area (TPSA) is 267 Å². The summed E-state index contributed by atoms with van der Waals surface area (Å²) < 4.78 is 0. The van der Waals surface area contributed by atoms with Crippen molar-refractivity contribution < 1.29 is 9.59 Å². The molecule has 0 unspecified atom stereocenters. The fourth-order valence-electron chi connectivity index (χ4n) is 1.83. The van der Waals surface area contributed by atoms with Crippen molar-refractivity contribution in [1.29, 1.82) is 0 Å². The van der Waals surface area contributed by atoms with Crippen LogP contribution in [0.2, 0.25) is 10.3 Å². The van der Waals surface area contributed by atoms with Crippen molar-refractivity contribution in [2.45, 2.75) is 6.42 Å². The summed E-state index contributed by atoms with van der Waals surface area (Å²) >= 11 is 11.4. The second kappa shape index (κ2) is 8.49. The SMILES string of the molecule is NC(CC(N)=NC(=O)c1nc(Cl)c(N)nc1N)=NC(=O)c1nc(Cl)c(N)nc1N. The van der Waals surface area contributed by atoms with Gasteiger partial charge in [-0.15, -0.1) is 0 Å². The minimum atomic E-state index is -0.950. The summed E-state index contributed by atoms with van der Waals surface area (Å²) in [5.74, 6) is -3.39. The molecule has 16 heteroatoms. The number of halogens is 2. The molecule has 2 aromatic rings. The van der Waals surface area contributed by atoms with E-state index in [1.807, 2.05) is 0 Å². The number of rotatable bonds is 4. The molecule has 0 aliphatic heterocycles. The third-order valence-corrected chi connectivity index (χ3v) is 3.62. The van der Waals surface area contributed by atoms with E-state index >= 15 is 0 Å². The van der Waals surface area contributed by atoms with Crippen LogP contribution in [-0.2, 0) is 0 Å². The highest BCUT2D eigenvalue weighted by Crippen LogP contribution is 2.19. The second-order valence-corrected chi connectivity index (χ2v) is 5.98. The minimum absolute atomic E-state index is 0.155. The smallest absolute Gasteiger partial charge is 0.301 e. The number of nitrogens with zero attached hydrogens (tertiary/aromatic N) is 6. The minimum Gasteiger partial charge on any atom is -0.387 e. The Labute approximate surface area is 172 Å². The number of amides is 2. The van der Waals surface area contributed by atoms with Gasteiger partial charge in [0.05, 0.1) is 6.42 Å². The van der Waals surface area contributed by atoms with Gasteiger partial charge in [-0.1, -0.05) is 23.2 Å². The Balaban J connectivity index is 2.18. The van der Waals surface area contributed by atoms with Crippen LogP contribution in [0.15, 0.2) is 9.98 Å². The zero-order valence-electron chi connectivity index (χ0n) is 14.4. The molecule has 0 radical (unpaired) electrons. The third-order valence-electron chi connectivity index (χ3n) is 3.07. The van der Waals surface area contributed by atoms with Crippen LogP contribution in [-0.4, -0.2) is 43.4 Å². The van der Waals surface area contributed by atoms with E-state index in [4.69, 9.17) is 57.6 Å². The molecule has 29 heavy (non-hydrogen) atoms. The highest BCUT2D eigenvalue weighted by atomic mass is 35.5. The number of nitrogen functional groups attached to an aromatic ring is 4. The van der Waals surface area contributed by atoms with Gasteiger partial charge in [-0.05, 0) is 0 Å². The van der Waals surface area contributed by atoms with Crippen molar-refractivity contribution in [3.05, 3.63) is 21.7 Å². The molecule has 0 aromatic carbocycles. The van der Waals surface area contributed by atoms with Gasteiger partial charge < -0.3 is 34.4 Å². The van der Waals surface area contributed by atoms with Gasteiger partial charge in [0.2, 0.25) is 0 Å². The van der Waals surface area contributed by atoms with E-state index in [1.165, 1.54) is 0 Å². The van der Waals surface area contributed by atoms with Crippen LogP contribution in [0.3, 0.4) is 0 Å². The Hall–Kier alpha value is -3.78. The molecule has 0 saturated carbocycles. The summed E-state index contributed by atoms with van der Waals surface area (Å²) in [6.07, 6.45) is -0.358. The maximum Gasteiger partial charge on any atom is 0.301 e. The quantitative estimate of drug-likeness (QED) is 0.246. The average molecular weight is 441 g/mol. The first kappa shape index (κ1) is 21.5. The van der Waals surface area contributed by atoms with Crippen LogP contribution in [0.4, 0.5) is 23.3 Å². The van der Waals surface area contributed by atoms with Gasteiger partial charge in [0, 0.05) is 0 Å². The van der Waals surface area contributed by atoms with E-state index in [-0.39, 0.29) is 63.1 Å². The Morgan fingerprint density at radius 2 is 1.03 bits per heavy atom. The Morgan fingerprint density at radius 1 is 0.690 bits per heavy atom. The van der Waals surface area contributed by atoms with Gasteiger partial charge in [0.25, 0.3) is 0 Å². The zero-order valence-corrected chi connectivity index (χ0v) is 15.9. The van der Waals surface area contributed by atoms with Crippen LogP contribution in [0.1, 0.15) is 27.4 Å². The van der Waals surface area contributed by atoms with Crippen molar-refractivity contribution in [1.82, 2.24) is 19.9 Å². The summed E-state index contributed by atoms with van der Waals surface area (Å²) in [6, 6.07) is 0. The first-order chi connectivity index (χ1) is 13.5. The number of aliphatic imine (C=N–C) groups is 2. The van der Waals surface area contributed by atoms with Crippen molar-refractivity contribution in [2.24, 2.45) is 21.5 Å². The molecule has 2 rings (SSSR count). The van der Waals surface area contributed by atoms with Gasteiger partial charge in [0.15, 0.2) is 45.0 Å². The standard InChI is InChI=1S/C13H14Cl2N12O2/c14-6-10(20)26-8(18)4(24-6)12(28)22-2(16)1-3(17)23-13(29)5-9(19)27-11(21)7(15)25-5/h1H2,(H2,16,22,28)(H2,17,23,29)(H4,18,20,26)(H4,19,21,27). The summed E-state index contributed by atoms with van der Waals surface area (Å²) in [5, 5.41) is -0.465. The molecule has 0 fully saturated rings. The van der Waals surface area contributed by atoms with E-state index in [0.29, 0.717) is 0 Å². The van der Waals surface area contributed by atoms with Crippen LogP contribution in [0.5, 0.6) is 0 Å². The average Bonchev–Trinajstić information content (AvgIpc) is 2.60. The third kappa shape index (κ3) is 5.14. The van der Waals surface area contributed by atoms with Crippen molar-refractivity contribution in [2.75, 3.05) is 22.9 Å². The van der Waals surface area contributed by atoms with E-state index in [2.05, 4.69) is 29.9 Å². The molecule has 0 spiro atoms. The van der Waals surface area contributed by atoms with Gasteiger partial charge >= 0.3 is 11.8 Å². The Kier molecular flexibility index (Phi) is 6.30. The molecule has 2 amide bonds. The number of carbonyl (C=O) groups excluding carboxylic acids is 2. The van der Waals surface area contributed by atoms with Crippen LogP contribution < -0.4 is 34.4 Å². The van der Waals surface area contributed by atoms with E-state index in [0.717, 1.165) is 0 Å². The lowest BCUT2D eigenvalue weighted by Crippen LogP contribution is -2.25. The highest BCUT2D eigenvalue weighted by Gasteiger charge is 2.18. The van der Waals surface area contributed by atoms with E-state index in [1.54, 1.807) is 0 Å². The normalized spacial score (nSPS) is 12.1. The number of hydrogen-bond acceptors (Lipinski definition) is 10. The van der Waals surface area contributed by atoms with Crippen molar-refractivity contribution in [3.63, 3.8) is 0 Å². The maximum atomic E-state index is 12.1. The van der Waals surface area contributed by atoms with Gasteiger partial charge in [-0.25, -0.2) is 19.9 Å². The molecule has 0 atom stereocenters. The number of hydrogen-bond donors (Lipinski definition) is 6. The summed E-state index contributed by atoms with van der Waals surface area (Å²) in [5.41, 5.74) is 32.5. The first-order valence-corrected chi connectivity index (χ1v) is 8.16. The number of nitrogens with two attached hydrogens (primary N) is 6. The molecular weight excluding hydrogens is 427 g/mol. The molecule has 0 saturated heterocycles. The van der Waals surface area contributed by atoms with Gasteiger partial charge in [-0.2, -0.15) is 9.98 Å². The van der Waals surface area contributed by atoms with Crippen molar-refractivity contribution >= 4 is 70.0 Å². The van der Waals surface area contributed by atoms with Crippen LogP contribution in [0, 0.1) is 0 Å². The number of anilines is 4. The highest BCUT2D eigenvalue weighted by molar-refractivity contribution is 6.32. The number of carbonyl (C=O) groups is 2. The fraction of sp³-hybridized carbons (Fsp3) is 0.0769. The van der Waals surface area contributed by atoms with Crippen LogP contribution >= 0.6 is 23.2 Å². The van der Waals surface area contributed by atoms with Gasteiger partial charge in [-0.3, -0.25) is 9.59 Å². The van der Waals surface area contributed by atoms with E-state index < -0.39 is 11.8 Å². The predicted molar refractivity (Wildman–Crippen MR) is 108 cm³/mol.